The summed E-state index contributed by atoms with van der Waals surface area (Å²) < 4.78 is 11.7. The lowest BCUT2D eigenvalue weighted by Gasteiger charge is -2.19. The summed E-state index contributed by atoms with van der Waals surface area (Å²) in [5, 5.41) is 3.87. The normalized spacial score (nSPS) is 12.0. The molecule has 0 bridgehead atoms. The molecule has 2 aromatic rings. The number of ether oxygens (including phenoxy) is 2. The van der Waals surface area contributed by atoms with Crippen molar-refractivity contribution < 1.29 is 14.3 Å². The van der Waals surface area contributed by atoms with Crippen molar-refractivity contribution in [1.82, 2.24) is 9.78 Å². The molecule has 0 atom stereocenters. The first-order valence-electron chi connectivity index (χ1n) is 9.04. The van der Waals surface area contributed by atoms with Crippen LogP contribution in [0, 0.1) is 5.41 Å². The lowest BCUT2D eigenvalue weighted by molar-refractivity contribution is -0.157. The van der Waals surface area contributed by atoms with E-state index in [0.717, 1.165) is 10.2 Å². The molecule has 0 aliphatic heterocycles. The monoisotopic (exact) mass is 406 g/mol. The number of benzene rings is 1. The summed E-state index contributed by atoms with van der Waals surface area (Å²) in [7, 11) is 0. The molecule has 7 heteroatoms. The van der Waals surface area contributed by atoms with Crippen molar-refractivity contribution >= 4 is 17.6 Å². The van der Waals surface area contributed by atoms with Crippen molar-refractivity contribution in [3.63, 3.8) is 0 Å². The van der Waals surface area contributed by atoms with Crippen LogP contribution in [-0.4, -0.2) is 15.7 Å². The molecule has 2 rings (SSSR count). The molecule has 1 aromatic carbocycles. The van der Waals surface area contributed by atoms with Crippen molar-refractivity contribution in [3.05, 3.63) is 57.0 Å². The molecule has 0 amide bonds. The summed E-state index contributed by atoms with van der Waals surface area (Å²) in [6, 6.07) is 8.07. The van der Waals surface area contributed by atoms with Crippen molar-refractivity contribution in [2.45, 2.75) is 60.3 Å². The van der Waals surface area contributed by atoms with Crippen LogP contribution in [0.5, 0.6) is 5.75 Å². The van der Waals surface area contributed by atoms with Crippen LogP contribution in [0.25, 0.3) is 0 Å². The van der Waals surface area contributed by atoms with Crippen molar-refractivity contribution in [2.24, 2.45) is 5.41 Å². The van der Waals surface area contributed by atoms with Crippen LogP contribution < -0.4 is 10.3 Å². The van der Waals surface area contributed by atoms with Crippen molar-refractivity contribution in [2.75, 3.05) is 0 Å². The molecule has 0 saturated carbocycles. The molecule has 0 aliphatic carbocycles. The molecule has 1 heterocycles. The number of hydrogen-bond acceptors (Lipinski definition) is 5. The molecule has 6 nitrogen and oxygen atoms in total. The number of aromatic nitrogens is 2. The Hall–Kier alpha value is -2.34. The lowest BCUT2D eigenvalue weighted by atomic mass is 9.87. The molecule has 152 valence electrons. The van der Waals surface area contributed by atoms with Crippen molar-refractivity contribution in [3.8, 4) is 5.75 Å². The molecule has 0 radical (unpaired) electrons. The van der Waals surface area contributed by atoms with Gasteiger partial charge in [-0.3, -0.25) is 9.59 Å². The van der Waals surface area contributed by atoms with Crippen molar-refractivity contribution in [1.29, 1.82) is 0 Å². The summed E-state index contributed by atoms with van der Waals surface area (Å²) in [5.41, 5.74) is 1.01. The highest BCUT2D eigenvalue weighted by atomic mass is 35.5. The average molecular weight is 407 g/mol. The van der Waals surface area contributed by atoms with E-state index in [4.69, 9.17) is 21.1 Å². The second kappa shape index (κ2) is 8.35. The Morgan fingerprint density at radius 2 is 1.71 bits per heavy atom. The second-order valence-electron chi connectivity index (χ2n) is 8.67. The van der Waals surface area contributed by atoms with Gasteiger partial charge in [0, 0.05) is 0 Å². The SMILES string of the molecule is CC(C)(C)C(=O)OCn1ncc(OCc2ccc(C(C)(C)C)cc2)c(Cl)c1=O. The summed E-state index contributed by atoms with van der Waals surface area (Å²) >= 11 is 6.12. The fourth-order valence-electron chi connectivity index (χ4n) is 2.24. The predicted molar refractivity (Wildman–Crippen MR) is 109 cm³/mol. The zero-order valence-electron chi connectivity index (χ0n) is 17.2. The predicted octanol–water partition coefficient (Wildman–Crippen LogP) is 4.32. The van der Waals surface area contributed by atoms with Crippen LogP contribution >= 0.6 is 11.6 Å². The van der Waals surface area contributed by atoms with Crippen LogP contribution in [0.2, 0.25) is 5.02 Å². The Bertz CT molecular complexity index is 891. The Morgan fingerprint density at radius 3 is 2.25 bits per heavy atom. The van der Waals surface area contributed by atoms with Crippen LogP contribution in [-0.2, 0) is 28.3 Å². The summed E-state index contributed by atoms with van der Waals surface area (Å²) in [6.45, 7) is 11.6. The Balaban J connectivity index is 2.05. The van der Waals surface area contributed by atoms with Gasteiger partial charge in [0.1, 0.15) is 6.61 Å². The molecule has 1 aromatic heterocycles. The zero-order valence-corrected chi connectivity index (χ0v) is 18.0. The minimum absolute atomic E-state index is 0.0770. The zero-order chi connectivity index (χ0) is 21.1. The average Bonchev–Trinajstić information content (AvgIpc) is 2.60. The van der Waals surface area contributed by atoms with Gasteiger partial charge >= 0.3 is 5.97 Å². The van der Waals surface area contributed by atoms with Gasteiger partial charge < -0.3 is 9.47 Å². The topological polar surface area (TPSA) is 70.4 Å². The standard InChI is InChI=1S/C21H27ClN2O4/c1-20(2,3)15-9-7-14(8-10-15)12-27-16-11-23-24(18(25)17(16)22)13-28-19(26)21(4,5)6/h7-11H,12-13H2,1-6H3. The number of carbonyl (C=O) groups excluding carboxylic acids is 1. The Morgan fingerprint density at radius 1 is 1.11 bits per heavy atom. The fraction of sp³-hybridized carbons (Fsp3) is 0.476. The summed E-state index contributed by atoms with van der Waals surface area (Å²) in [5.74, 6) is -0.249. The molecule has 0 saturated heterocycles. The van der Waals surface area contributed by atoms with E-state index in [1.54, 1.807) is 20.8 Å². The molecule has 28 heavy (non-hydrogen) atoms. The smallest absolute Gasteiger partial charge is 0.313 e. The van der Waals surface area contributed by atoms with E-state index in [9.17, 15) is 9.59 Å². The van der Waals surface area contributed by atoms with Gasteiger partial charge in [-0.1, -0.05) is 56.6 Å². The van der Waals surface area contributed by atoms with E-state index >= 15 is 0 Å². The number of nitrogens with zero attached hydrogens (tertiary/aromatic N) is 2. The van der Waals surface area contributed by atoms with E-state index in [2.05, 4.69) is 38.0 Å². The second-order valence-corrected chi connectivity index (χ2v) is 9.05. The number of halogens is 1. The third-order valence-corrected chi connectivity index (χ3v) is 4.45. The Kier molecular flexibility index (Phi) is 6.55. The van der Waals surface area contributed by atoms with Crippen LogP contribution in [0.4, 0.5) is 0 Å². The van der Waals surface area contributed by atoms with Crippen LogP contribution in [0.15, 0.2) is 35.3 Å². The van der Waals surface area contributed by atoms with Gasteiger partial charge in [0.05, 0.1) is 11.6 Å². The molecule has 0 unspecified atom stereocenters. The van der Waals surface area contributed by atoms with E-state index in [-0.39, 0.29) is 29.5 Å². The highest BCUT2D eigenvalue weighted by molar-refractivity contribution is 6.31. The minimum atomic E-state index is -0.668. The van der Waals surface area contributed by atoms with Crippen LogP contribution in [0.3, 0.4) is 0 Å². The third kappa shape index (κ3) is 5.58. The number of carbonyl (C=O) groups is 1. The maximum atomic E-state index is 12.3. The molecule has 0 spiro atoms. The van der Waals surface area contributed by atoms with Gasteiger partial charge in [-0.15, -0.1) is 0 Å². The fourth-order valence-corrected chi connectivity index (χ4v) is 2.44. The van der Waals surface area contributed by atoms with E-state index in [0.29, 0.717) is 0 Å². The minimum Gasteiger partial charge on any atom is -0.485 e. The van der Waals surface area contributed by atoms with E-state index in [1.165, 1.54) is 11.8 Å². The lowest BCUT2D eigenvalue weighted by Crippen LogP contribution is -2.29. The third-order valence-electron chi connectivity index (χ3n) is 4.10. The number of hydrogen-bond donors (Lipinski definition) is 0. The van der Waals surface area contributed by atoms with E-state index < -0.39 is 16.9 Å². The molecule has 0 fully saturated rings. The van der Waals surface area contributed by atoms with Gasteiger partial charge in [-0.2, -0.15) is 9.78 Å². The maximum absolute atomic E-state index is 12.3. The number of esters is 1. The largest absolute Gasteiger partial charge is 0.485 e. The highest BCUT2D eigenvalue weighted by Crippen LogP contribution is 2.24. The molecule has 0 aliphatic rings. The molecular formula is C21H27ClN2O4. The van der Waals surface area contributed by atoms with Gasteiger partial charge in [0.25, 0.3) is 5.56 Å². The van der Waals surface area contributed by atoms with E-state index in [1.807, 2.05) is 12.1 Å². The quantitative estimate of drug-likeness (QED) is 0.691. The van der Waals surface area contributed by atoms with Gasteiger partial charge in [-0.05, 0) is 37.3 Å². The Labute approximate surface area is 170 Å². The highest BCUT2D eigenvalue weighted by Gasteiger charge is 2.23. The maximum Gasteiger partial charge on any atom is 0.313 e. The summed E-state index contributed by atoms with van der Waals surface area (Å²) in [6.07, 6.45) is 1.35. The van der Waals surface area contributed by atoms with Gasteiger partial charge in [0.2, 0.25) is 0 Å². The molecule has 0 N–H and O–H groups in total. The molecular weight excluding hydrogens is 380 g/mol. The van der Waals surface area contributed by atoms with Crippen LogP contribution in [0.1, 0.15) is 52.7 Å². The van der Waals surface area contributed by atoms with Gasteiger partial charge in [0.15, 0.2) is 17.5 Å². The number of rotatable bonds is 5. The first kappa shape index (κ1) is 22.0. The van der Waals surface area contributed by atoms with Gasteiger partial charge in [-0.25, -0.2) is 0 Å². The summed E-state index contributed by atoms with van der Waals surface area (Å²) in [4.78, 5) is 24.1. The first-order chi connectivity index (χ1) is 12.9. The first-order valence-corrected chi connectivity index (χ1v) is 9.42.